The molecule has 0 aliphatic carbocycles. The Labute approximate surface area is 95.0 Å². The fraction of sp³-hybridized carbons (Fsp3) is 0.889. The number of aromatic nitrogens is 4. The van der Waals surface area contributed by atoms with Crippen LogP contribution in [0.3, 0.4) is 0 Å². The minimum Gasteiger partial charge on any atom is -0.310 e. The monoisotopic (exact) mass is 229 g/mol. The molecule has 1 N–H and O–H groups in total. The van der Waals surface area contributed by atoms with Gasteiger partial charge in [0.2, 0.25) is 0 Å². The van der Waals surface area contributed by atoms with E-state index >= 15 is 0 Å². The summed E-state index contributed by atoms with van der Waals surface area (Å²) in [5, 5.41) is 15.0. The zero-order chi connectivity index (χ0) is 11.1. The van der Waals surface area contributed by atoms with Crippen molar-refractivity contribution in [2.24, 2.45) is 0 Å². The van der Waals surface area contributed by atoms with Crippen LogP contribution in [0.4, 0.5) is 0 Å². The second kappa shape index (κ2) is 6.79. The van der Waals surface area contributed by atoms with Gasteiger partial charge in [-0.2, -0.15) is 11.8 Å². The van der Waals surface area contributed by atoms with Crippen LogP contribution < -0.4 is 5.32 Å². The number of hydrogen-bond donors (Lipinski definition) is 1. The zero-order valence-corrected chi connectivity index (χ0v) is 10.4. The maximum atomic E-state index is 4.03. The summed E-state index contributed by atoms with van der Waals surface area (Å²) in [5.74, 6) is 2.06. The number of nitrogens with zero attached hydrogens (tertiary/aromatic N) is 4. The predicted molar refractivity (Wildman–Crippen MR) is 62.9 cm³/mol. The first-order valence-electron chi connectivity index (χ1n) is 5.26. The average molecular weight is 229 g/mol. The molecule has 1 unspecified atom stereocenters. The van der Waals surface area contributed by atoms with Crippen LogP contribution in [-0.4, -0.2) is 38.8 Å². The van der Waals surface area contributed by atoms with E-state index in [-0.39, 0.29) is 0 Å². The van der Waals surface area contributed by atoms with E-state index in [1.165, 1.54) is 0 Å². The number of thioether (sulfide) groups is 1. The highest BCUT2D eigenvalue weighted by atomic mass is 32.2. The molecule has 0 aromatic carbocycles. The molecule has 1 aromatic rings. The number of tetrazole rings is 1. The van der Waals surface area contributed by atoms with Crippen LogP contribution in [0.25, 0.3) is 0 Å². The van der Waals surface area contributed by atoms with Gasteiger partial charge in [0.1, 0.15) is 0 Å². The predicted octanol–water partition coefficient (Wildman–Crippen LogP) is 1.10. The highest BCUT2D eigenvalue weighted by molar-refractivity contribution is 7.98. The minimum absolute atomic E-state index is 0.376. The van der Waals surface area contributed by atoms with Gasteiger partial charge in [0.25, 0.3) is 0 Å². The quantitative estimate of drug-likeness (QED) is 0.758. The van der Waals surface area contributed by atoms with Crippen LogP contribution in [0.5, 0.6) is 0 Å². The summed E-state index contributed by atoms with van der Waals surface area (Å²) >= 11 is 1.85. The van der Waals surface area contributed by atoms with Gasteiger partial charge in [0.15, 0.2) is 5.82 Å². The van der Waals surface area contributed by atoms with Gasteiger partial charge in [-0.05, 0) is 42.3 Å². The summed E-state index contributed by atoms with van der Waals surface area (Å²) in [6.45, 7) is 5.91. The van der Waals surface area contributed by atoms with Crippen LogP contribution in [0.15, 0.2) is 0 Å². The first kappa shape index (κ1) is 12.4. The molecule has 1 atom stereocenters. The van der Waals surface area contributed by atoms with Crippen LogP contribution in [0.1, 0.15) is 32.1 Å². The molecule has 6 heteroatoms. The van der Waals surface area contributed by atoms with Crippen LogP contribution in [0, 0.1) is 0 Å². The molecular weight excluding hydrogens is 210 g/mol. The van der Waals surface area contributed by atoms with E-state index < -0.39 is 0 Å². The zero-order valence-electron chi connectivity index (χ0n) is 9.60. The second-order valence-corrected chi connectivity index (χ2v) is 4.44. The fourth-order valence-corrected chi connectivity index (χ4v) is 1.90. The molecule has 1 aromatic heterocycles. The third-order valence-corrected chi connectivity index (χ3v) is 2.90. The van der Waals surface area contributed by atoms with Gasteiger partial charge >= 0.3 is 0 Å². The molecule has 1 rings (SSSR count). The summed E-state index contributed by atoms with van der Waals surface area (Å²) < 4.78 is 1.92. The van der Waals surface area contributed by atoms with Crippen molar-refractivity contribution in [3.8, 4) is 0 Å². The highest BCUT2D eigenvalue weighted by Crippen LogP contribution is 2.13. The van der Waals surface area contributed by atoms with E-state index in [9.17, 15) is 0 Å². The Hall–Kier alpha value is -0.620. The Morgan fingerprint density at radius 3 is 3.00 bits per heavy atom. The molecular formula is C9H19N5S. The lowest BCUT2D eigenvalue weighted by atomic mass is 10.2. The molecule has 0 bridgehead atoms. The highest BCUT2D eigenvalue weighted by Gasteiger charge is 2.11. The molecule has 0 fully saturated rings. The van der Waals surface area contributed by atoms with Crippen molar-refractivity contribution in [3.63, 3.8) is 0 Å². The fourth-order valence-electron chi connectivity index (χ4n) is 1.32. The molecule has 0 aliphatic heterocycles. The maximum absolute atomic E-state index is 4.03. The Balaban J connectivity index is 2.54. The number of hydrogen-bond acceptors (Lipinski definition) is 5. The van der Waals surface area contributed by atoms with Crippen LogP contribution in [-0.2, 0) is 6.54 Å². The summed E-state index contributed by atoms with van der Waals surface area (Å²) in [6, 6.07) is 0.376. The Morgan fingerprint density at radius 1 is 1.53 bits per heavy atom. The molecule has 5 nitrogen and oxygen atoms in total. The summed E-state index contributed by atoms with van der Waals surface area (Å²) in [4.78, 5) is 0. The van der Waals surface area contributed by atoms with Crippen molar-refractivity contribution in [1.29, 1.82) is 0 Å². The van der Waals surface area contributed by atoms with Gasteiger partial charge in [-0.25, -0.2) is 4.68 Å². The molecule has 0 saturated heterocycles. The van der Waals surface area contributed by atoms with Crippen molar-refractivity contribution >= 4 is 11.8 Å². The first-order chi connectivity index (χ1) is 7.29. The van der Waals surface area contributed by atoms with E-state index in [1.807, 2.05) is 16.4 Å². The van der Waals surface area contributed by atoms with Crippen molar-refractivity contribution in [2.75, 3.05) is 18.6 Å². The van der Waals surface area contributed by atoms with Gasteiger partial charge < -0.3 is 5.32 Å². The minimum atomic E-state index is 0.376. The van der Waals surface area contributed by atoms with E-state index in [0.29, 0.717) is 6.04 Å². The summed E-state index contributed by atoms with van der Waals surface area (Å²) in [6.07, 6.45) is 3.22. The molecule has 15 heavy (non-hydrogen) atoms. The normalized spacial score (nSPS) is 13.0. The number of nitrogens with one attached hydrogen (secondary N) is 1. The van der Waals surface area contributed by atoms with E-state index in [1.54, 1.807) is 0 Å². The lowest BCUT2D eigenvalue weighted by Gasteiger charge is -2.12. The lowest BCUT2D eigenvalue weighted by Crippen LogP contribution is -2.19. The van der Waals surface area contributed by atoms with Crippen LogP contribution >= 0.6 is 11.8 Å². The number of rotatable bonds is 7. The topological polar surface area (TPSA) is 55.6 Å². The van der Waals surface area contributed by atoms with Gasteiger partial charge in [0.05, 0.1) is 12.6 Å². The smallest absolute Gasteiger partial charge is 0.165 e. The largest absolute Gasteiger partial charge is 0.310 e. The standard InChI is InChI=1S/C9H19N5S/c1-4-10-7-9-11-12-13-14(9)8(2)5-6-15-3/h8,10H,4-7H2,1-3H3. The maximum Gasteiger partial charge on any atom is 0.165 e. The average Bonchev–Trinajstić information content (AvgIpc) is 2.71. The molecule has 0 saturated carbocycles. The first-order valence-corrected chi connectivity index (χ1v) is 6.65. The van der Waals surface area contributed by atoms with Crippen LogP contribution in [0.2, 0.25) is 0 Å². The summed E-state index contributed by atoms with van der Waals surface area (Å²) in [7, 11) is 0. The third-order valence-electron chi connectivity index (χ3n) is 2.25. The van der Waals surface area contributed by atoms with E-state index in [2.05, 4.69) is 40.9 Å². The van der Waals surface area contributed by atoms with Crippen molar-refractivity contribution in [3.05, 3.63) is 5.82 Å². The Morgan fingerprint density at radius 2 is 2.33 bits per heavy atom. The van der Waals surface area contributed by atoms with Gasteiger partial charge in [-0.3, -0.25) is 0 Å². The molecule has 0 amide bonds. The van der Waals surface area contributed by atoms with Crippen molar-refractivity contribution in [2.45, 2.75) is 32.9 Å². The molecule has 0 spiro atoms. The Kier molecular flexibility index (Phi) is 5.63. The second-order valence-electron chi connectivity index (χ2n) is 3.45. The third kappa shape index (κ3) is 3.79. The SMILES string of the molecule is CCNCc1nnnn1C(C)CCSC. The molecule has 0 radical (unpaired) electrons. The van der Waals surface area contributed by atoms with E-state index in [0.717, 1.165) is 31.1 Å². The lowest BCUT2D eigenvalue weighted by molar-refractivity contribution is 0.444. The van der Waals surface area contributed by atoms with Crippen molar-refractivity contribution < 1.29 is 0 Å². The van der Waals surface area contributed by atoms with Gasteiger partial charge in [-0.15, -0.1) is 5.10 Å². The summed E-state index contributed by atoms with van der Waals surface area (Å²) in [5.41, 5.74) is 0. The molecule has 0 aliphatic rings. The van der Waals surface area contributed by atoms with Crippen molar-refractivity contribution in [1.82, 2.24) is 25.5 Å². The molecule has 1 heterocycles. The Bertz CT molecular complexity index is 275. The van der Waals surface area contributed by atoms with Gasteiger partial charge in [0, 0.05) is 0 Å². The van der Waals surface area contributed by atoms with E-state index in [4.69, 9.17) is 0 Å². The molecule has 86 valence electrons. The van der Waals surface area contributed by atoms with Gasteiger partial charge in [-0.1, -0.05) is 6.92 Å².